The van der Waals surface area contributed by atoms with E-state index >= 15 is 0 Å². The fourth-order valence-corrected chi connectivity index (χ4v) is 1.72. The topological polar surface area (TPSA) is 41.8 Å². The highest BCUT2D eigenvalue weighted by atomic mass is 14.7. The Labute approximate surface area is 83.4 Å². The smallest absolute Gasteiger partial charge is 0.0502 e. The molecule has 0 radical (unpaired) electrons. The Balaban J connectivity index is 2.50. The van der Waals surface area contributed by atoms with E-state index in [0.29, 0.717) is 0 Å². The average molecular weight is 186 g/mol. The van der Waals surface area contributed by atoms with Gasteiger partial charge in [0.05, 0.1) is 5.52 Å². The van der Waals surface area contributed by atoms with Crippen LogP contribution in [0.4, 0.5) is 0 Å². The molecule has 1 aromatic carbocycles. The Morgan fingerprint density at radius 2 is 2.29 bits per heavy atom. The molecule has 0 spiro atoms. The first kappa shape index (κ1) is 9.03. The highest BCUT2D eigenvalue weighted by molar-refractivity contribution is 5.82. The fourth-order valence-electron chi connectivity index (χ4n) is 1.72. The zero-order valence-corrected chi connectivity index (χ0v) is 8.03. The van der Waals surface area contributed by atoms with Crippen molar-refractivity contribution < 1.29 is 0 Å². The second kappa shape index (κ2) is 3.68. The fraction of sp³-hybridized carbons (Fsp3) is 0.167. The van der Waals surface area contributed by atoms with Gasteiger partial charge in [0, 0.05) is 12.2 Å². The number of nitrogens with two attached hydrogens (primary N) is 1. The van der Waals surface area contributed by atoms with Gasteiger partial charge in [-0.05, 0) is 23.4 Å². The molecule has 0 aliphatic heterocycles. The molecule has 0 aliphatic carbocycles. The summed E-state index contributed by atoms with van der Waals surface area (Å²) >= 11 is 0. The van der Waals surface area contributed by atoms with E-state index in [0.717, 1.165) is 17.5 Å². The molecular formula is C12H14N2. The van der Waals surface area contributed by atoms with Gasteiger partial charge in [0.1, 0.15) is 0 Å². The van der Waals surface area contributed by atoms with Crippen LogP contribution in [0.25, 0.3) is 10.9 Å². The van der Waals surface area contributed by atoms with Crippen LogP contribution in [-0.2, 0) is 0 Å². The molecule has 0 saturated heterocycles. The number of aromatic amines is 1. The minimum Gasteiger partial charge on any atom is -0.361 e. The van der Waals surface area contributed by atoms with Crippen LogP contribution in [0.3, 0.4) is 0 Å². The van der Waals surface area contributed by atoms with E-state index in [1.165, 1.54) is 5.39 Å². The molecule has 1 aromatic heterocycles. The van der Waals surface area contributed by atoms with Gasteiger partial charge in [0.2, 0.25) is 0 Å². The zero-order chi connectivity index (χ0) is 9.97. The van der Waals surface area contributed by atoms with Gasteiger partial charge in [-0.3, -0.25) is 0 Å². The van der Waals surface area contributed by atoms with E-state index in [9.17, 15) is 0 Å². The van der Waals surface area contributed by atoms with Crippen LogP contribution in [0, 0.1) is 0 Å². The zero-order valence-electron chi connectivity index (χ0n) is 8.03. The number of hydrogen-bond donors (Lipinski definition) is 2. The maximum absolute atomic E-state index is 6.04. The molecule has 14 heavy (non-hydrogen) atoms. The van der Waals surface area contributed by atoms with Crippen molar-refractivity contribution in [2.24, 2.45) is 5.73 Å². The molecule has 1 atom stereocenters. The number of para-hydroxylation sites is 1. The Bertz CT molecular complexity index is 442. The summed E-state index contributed by atoms with van der Waals surface area (Å²) in [5.74, 6) is 0. The molecule has 0 bridgehead atoms. The summed E-state index contributed by atoms with van der Waals surface area (Å²) in [6.07, 6.45) is 4.60. The lowest BCUT2D eigenvalue weighted by Crippen LogP contribution is -2.09. The first-order chi connectivity index (χ1) is 6.83. The molecule has 72 valence electrons. The number of aromatic nitrogens is 1. The number of benzene rings is 1. The SMILES string of the molecule is C=CC[C@H](N)c1cccc2cc[nH]c12. The second-order valence-electron chi connectivity index (χ2n) is 3.42. The Morgan fingerprint density at radius 1 is 1.43 bits per heavy atom. The molecule has 2 aromatic rings. The summed E-state index contributed by atoms with van der Waals surface area (Å²) < 4.78 is 0. The van der Waals surface area contributed by atoms with Crippen molar-refractivity contribution >= 4 is 10.9 Å². The van der Waals surface area contributed by atoms with Crippen LogP contribution in [0.15, 0.2) is 43.1 Å². The molecule has 3 N–H and O–H groups in total. The van der Waals surface area contributed by atoms with Gasteiger partial charge in [-0.25, -0.2) is 0 Å². The predicted molar refractivity (Wildman–Crippen MR) is 60.0 cm³/mol. The first-order valence-electron chi connectivity index (χ1n) is 4.75. The Hall–Kier alpha value is -1.54. The maximum Gasteiger partial charge on any atom is 0.0502 e. The van der Waals surface area contributed by atoms with Gasteiger partial charge < -0.3 is 10.7 Å². The normalized spacial score (nSPS) is 12.9. The largest absolute Gasteiger partial charge is 0.361 e. The van der Waals surface area contributed by atoms with E-state index < -0.39 is 0 Å². The summed E-state index contributed by atoms with van der Waals surface area (Å²) in [5.41, 5.74) is 8.34. The molecule has 0 saturated carbocycles. The third-order valence-corrected chi connectivity index (χ3v) is 2.44. The third kappa shape index (κ3) is 1.44. The third-order valence-electron chi connectivity index (χ3n) is 2.44. The number of rotatable bonds is 3. The van der Waals surface area contributed by atoms with Crippen LogP contribution in [0.2, 0.25) is 0 Å². The van der Waals surface area contributed by atoms with Crippen LogP contribution >= 0.6 is 0 Å². The quantitative estimate of drug-likeness (QED) is 0.711. The Kier molecular flexibility index (Phi) is 2.37. The van der Waals surface area contributed by atoms with E-state index in [4.69, 9.17) is 5.73 Å². The molecule has 2 rings (SSSR count). The molecule has 0 unspecified atom stereocenters. The summed E-state index contributed by atoms with van der Waals surface area (Å²) in [6, 6.07) is 8.27. The molecular weight excluding hydrogens is 172 g/mol. The van der Waals surface area contributed by atoms with Crippen LogP contribution in [-0.4, -0.2) is 4.98 Å². The number of hydrogen-bond acceptors (Lipinski definition) is 1. The van der Waals surface area contributed by atoms with Crippen molar-refractivity contribution in [3.8, 4) is 0 Å². The van der Waals surface area contributed by atoms with Crippen molar-refractivity contribution in [2.45, 2.75) is 12.5 Å². The predicted octanol–water partition coefficient (Wildman–Crippen LogP) is 2.74. The lowest BCUT2D eigenvalue weighted by atomic mass is 10.0. The summed E-state index contributed by atoms with van der Waals surface area (Å²) in [4.78, 5) is 3.21. The minimum absolute atomic E-state index is 0.0369. The Morgan fingerprint density at radius 3 is 3.07 bits per heavy atom. The molecule has 0 amide bonds. The second-order valence-corrected chi connectivity index (χ2v) is 3.42. The van der Waals surface area contributed by atoms with Gasteiger partial charge in [0.25, 0.3) is 0 Å². The summed E-state index contributed by atoms with van der Waals surface area (Å²) in [7, 11) is 0. The maximum atomic E-state index is 6.04. The lowest BCUT2D eigenvalue weighted by molar-refractivity contribution is 0.747. The van der Waals surface area contributed by atoms with Crippen LogP contribution < -0.4 is 5.73 Å². The van der Waals surface area contributed by atoms with E-state index in [1.54, 1.807) is 0 Å². The molecule has 0 aliphatic rings. The van der Waals surface area contributed by atoms with E-state index in [1.807, 2.05) is 18.3 Å². The lowest BCUT2D eigenvalue weighted by Gasteiger charge is -2.10. The van der Waals surface area contributed by atoms with Gasteiger partial charge in [-0.2, -0.15) is 0 Å². The van der Waals surface area contributed by atoms with Gasteiger partial charge in [-0.15, -0.1) is 6.58 Å². The standard InChI is InChI=1S/C12H14N2/c1-2-4-11(13)10-6-3-5-9-7-8-14-12(9)10/h2-3,5-8,11,14H,1,4,13H2/t11-/m0/s1. The monoisotopic (exact) mass is 186 g/mol. The molecule has 2 nitrogen and oxygen atoms in total. The van der Waals surface area contributed by atoms with Crippen molar-refractivity contribution in [1.82, 2.24) is 4.98 Å². The molecule has 2 heteroatoms. The minimum atomic E-state index is 0.0369. The molecule has 0 fully saturated rings. The van der Waals surface area contributed by atoms with Gasteiger partial charge >= 0.3 is 0 Å². The van der Waals surface area contributed by atoms with Crippen molar-refractivity contribution in [2.75, 3.05) is 0 Å². The van der Waals surface area contributed by atoms with Crippen molar-refractivity contribution in [1.29, 1.82) is 0 Å². The number of fused-ring (bicyclic) bond motifs is 1. The van der Waals surface area contributed by atoms with Crippen LogP contribution in [0.5, 0.6) is 0 Å². The van der Waals surface area contributed by atoms with Crippen molar-refractivity contribution in [3.63, 3.8) is 0 Å². The summed E-state index contributed by atoms with van der Waals surface area (Å²) in [5, 5.41) is 1.21. The average Bonchev–Trinajstić information content (AvgIpc) is 2.65. The van der Waals surface area contributed by atoms with E-state index in [-0.39, 0.29) is 6.04 Å². The summed E-state index contributed by atoms with van der Waals surface area (Å²) in [6.45, 7) is 3.70. The highest BCUT2D eigenvalue weighted by Crippen LogP contribution is 2.23. The van der Waals surface area contributed by atoms with E-state index in [2.05, 4.69) is 29.8 Å². The highest BCUT2D eigenvalue weighted by Gasteiger charge is 2.08. The van der Waals surface area contributed by atoms with Crippen LogP contribution in [0.1, 0.15) is 18.0 Å². The van der Waals surface area contributed by atoms with Crippen molar-refractivity contribution in [3.05, 3.63) is 48.7 Å². The number of H-pyrrole nitrogens is 1. The van der Waals surface area contributed by atoms with Gasteiger partial charge in [-0.1, -0.05) is 24.3 Å². The van der Waals surface area contributed by atoms with Gasteiger partial charge in [0.15, 0.2) is 0 Å². The number of nitrogens with one attached hydrogen (secondary N) is 1. The first-order valence-corrected chi connectivity index (χ1v) is 4.75. The molecule has 1 heterocycles.